The zero-order chi connectivity index (χ0) is 22.9. The Labute approximate surface area is 184 Å². The maximum atomic E-state index is 13.6. The van der Waals surface area contributed by atoms with Crippen LogP contribution >= 0.6 is 0 Å². The summed E-state index contributed by atoms with van der Waals surface area (Å²) in [5.74, 6) is 0.813. The molecule has 0 N–H and O–H groups in total. The van der Waals surface area contributed by atoms with E-state index < -0.39 is 0 Å². The third-order valence-electron chi connectivity index (χ3n) is 5.73. The number of para-hydroxylation sites is 1. The van der Waals surface area contributed by atoms with E-state index in [1.165, 1.54) is 0 Å². The summed E-state index contributed by atoms with van der Waals surface area (Å²) in [6.07, 6.45) is 0. The Bertz CT molecular complexity index is 1160. The highest BCUT2D eigenvalue weighted by atomic mass is 16.2. The topological polar surface area (TPSA) is 55.2 Å². The molecule has 3 rings (SSSR count). The number of fused-ring (bicyclic) bond motifs is 1. The molecule has 1 amide bonds. The number of rotatable bonds is 6. The van der Waals surface area contributed by atoms with Crippen LogP contribution in [0, 0.1) is 25.7 Å². The van der Waals surface area contributed by atoms with Gasteiger partial charge in [0.15, 0.2) is 0 Å². The van der Waals surface area contributed by atoms with Gasteiger partial charge in [-0.05, 0) is 62.1 Å². The first kappa shape index (κ1) is 22.7. The first-order valence-electron chi connectivity index (χ1n) is 11.0. The third kappa shape index (κ3) is 4.55. The Balaban J connectivity index is 2.30. The summed E-state index contributed by atoms with van der Waals surface area (Å²) < 4.78 is 1.68. The molecule has 0 radical (unpaired) electrons. The Kier molecular flexibility index (Phi) is 6.63. The Hall–Kier alpha value is -2.95. The van der Waals surface area contributed by atoms with Gasteiger partial charge < -0.3 is 4.90 Å². The first-order chi connectivity index (χ1) is 14.6. The zero-order valence-electron chi connectivity index (χ0n) is 19.6. The smallest absolute Gasteiger partial charge is 0.266 e. The summed E-state index contributed by atoms with van der Waals surface area (Å²) in [7, 11) is 0. The van der Waals surface area contributed by atoms with Gasteiger partial charge in [0, 0.05) is 12.5 Å². The van der Waals surface area contributed by atoms with E-state index in [2.05, 4.69) is 20.8 Å². The largest absolute Gasteiger partial charge is 0.332 e. The number of hydrogen-bond donors (Lipinski definition) is 0. The lowest BCUT2D eigenvalue weighted by molar-refractivity contribution is -0.137. The number of carbonyl (C=O) groups excluding carboxylic acids is 1. The van der Waals surface area contributed by atoms with Crippen molar-refractivity contribution >= 4 is 16.8 Å². The molecule has 0 aliphatic rings. The molecule has 1 heterocycles. The van der Waals surface area contributed by atoms with E-state index >= 15 is 0 Å². The molecule has 31 heavy (non-hydrogen) atoms. The predicted octanol–water partition coefficient (Wildman–Crippen LogP) is 5.20. The van der Waals surface area contributed by atoms with Crippen molar-refractivity contribution in [2.75, 3.05) is 6.54 Å². The predicted molar refractivity (Wildman–Crippen MR) is 127 cm³/mol. The van der Waals surface area contributed by atoms with Crippen LogP contribution in [0.15, 0.2) is 47.3 Å². The first-order valence-corrected chi connectivity index (χ1v) is 11.0. The average molecular weight is 420 g/mol. The van der Waals surface area contributed by atoms with Crippen LogP contribution in [0.5, 0.6) is 0 Å². The monoisotopic (exact) mass is 419 g/mol. The normalized spacial score (nSPS) is 12.5. The fraction of sp³-hybridized carbons (Fsp3) is 0.423. The molecule has 0 fully saturated rings. The number of nitrogens with zero attached hydrogens (tertiary/aromatic N) is 3. The van der Waals surface area contributed by atoms with Gasteiger partial charge in [0.1, 0.15) is 5.82 Å². The lowest BCUT2D eigenvalue weighted by atomic mass is 10.1. The van der Waals surface area contributed by atoms with Gasteiger partial charge in [0.2, 0.25) is 5.91 Å². The lowest BCUT2D eigenvalue weighted by Gasteiger charge is -2.33. The molecular formula is C26H33N3O2. The summed E-state index contributed by atoms with van der Waals surface area (Å²) in [6, 6.07) is 13.0. The van der Waals surface area contributed by atoms with E-state index in [4.69, 9.17) is 4.98 Å². The maximum absolute atomic E-state index is 13.6. The summed E-state index contributed by atoms with van der Waals surface area (Å²) in [4.78, 5) is 33.5. The van der Waals surface area contributed by atoms with E-state index in [1.807, 2.05) is 75.1 Å². The van der Waals surface area contributed by atoms with Gasteiger partial charge in [0.05, 0.1) is 22.6 Å². The Morgan fingerprint density at radius 1 is 1.00 bits per heavy atom. The molecule has 3 aromatic rings. The standard InChI is InChI=1S/C26H33N3O2/c1-16(2)15-28(25(30)17(3)4)20(7)24-27-23-11-9-8-10-22(23)26(31)29(24)21-13-12-18(5)19(6)14-21/h8-14,16-17,20H,15H2,1-7H3. The van der Waals surface area contributed by atoms with E-state index in [-0.39, 0.29) is 23.4 Å². The SMILES string of the molecule is Cc1ccc(-n2c(C(C)N(CC(C)C)C(=O)C(C)C)nc3ccccc3c2=O)cc1C. The highest BCUT2D eigenvalue weighted by Crippen LogP contribution is 2.26. The van der Waals surface area contributed by atoms with Gasteiger partial charge in [-0.3, -0.25) is 14.2 Å². The summed E-state index contributed by atoms with van der Waals surface area (Å²) in [6.45, 7) is 14.7. The van der Waals surface area contributed by atoms with Crippen LogP contribution in [0.2, 0.25) is 0 Å². The zero-order valence-corrected chi connectivity index (χ0v) is 19.6. The van der Waals surface area contributed by atoms with Crippen molar-refractivity contribution in [2.45, 2.75) is 54.5 Å². The van der Waals surface area contributed by atoms with Crippen LogP contribution in [-0.4, -0.2) is 26.9 Å². The van der Waals surface area contributed by atoms with E-state index in [1.54, 1.807) is 4.57 Å². The third-order valence-corrected chi connectivity index (χ3v) is 5.73. The lowest BCUT2D eigenvalue weighted by Crippen LogP contribution is -2.41. The Morgan fingerprint density at radius 3 is 2.29 bits per heavy atom. The molecule has 1 atom stereocenters. The van der Waals surface area contributed by atoms with Crippen molar-refractivity contribution in [1.82, 2.24) is 14.5 Å². The van der Waals surface area contributed by atoms with Gasteiger partial charge in [0.25, 0.3) is 5.56 Å². The van der Waals surface area contributed by atoms with Crippen LogP contribution in [0.25, 0.3) is 16.6 Å². The maximum Gasteiger partial charge on any atom is 0.266 e. The highest BCUT2D eigenvalue weighted by molar-refractivity contribution is 5.79. The van der Waals surface area contributed by atoms with Crippen molar-refractivity contribution in [3.63, 3.8) is 0 Å². The molecule has 5 heteroatoms. The number of aryl methyl sites for hydroxylation is 2. The minimum absolute atomic E-state index is 0.0650. The van der Waals surface area contributed by atoms with Crippen LogP contribution in [0.4, 0.5) is 0 Å². The fourth-order valence-electron chi connectivity index (χ4n) is 3.85. The second-order valence-electron chi connectivity index (χ2n) is 9.11. The van der Waals surface area contributed by atoms with Crippen LogP contribution in [0.3, 0.4) is 0 Å². The molecular weight excluding hydrogens is 386 g/mol. The quantitative estimate of drug-likeness (QED) is 0.551. The van der Waals surface area contributed by atoms with Crippen molar-refractivity contribution in [3.05, 3.63) is 69.8 Å². The number of aromatic nitrogens is 2. The molecule has 0 saturated carbocycles. The van der Waals surface area contributed by atoms with Crippen molar-refractivity contribution < 1.29 is 4.79 Å². The van der Waals surface area contributed by atoms with Crippen LogP contribution in [0.1, 0.15) is 57.6 Å². The number of amides is 1. The second-order valence-corrected chi connectivity index (χ2v) is 9.11. The number of benzene rings is 2. The van der Waals surface area contributed by atoms with Gasteiger partial charge in [-0.15, -0.1) is 0 Å². The summed E-state index contributed by atoms with van der Waals surface area (Å²) >= 11 is 0. The number of carbonyl (C=O) groups is 1. The molecule has 0 bridgehead atoms. The Morgan fingerprint density at radius 2 is 1.68 bits per heavy atom. The molecule has 0 aliphatic carbocycles. The molecule has 1 unspecified atom stereocenters. The van der Waals surface area contributed by atoms with Crippen molar-refractivity contribution in [1.29, 1.82) is 0 Å². The summed E-state index contributed by atoms with van der Waals surface area (Å²) in [5, 5.41) is 0.572. The summed E-state index contributed by atoms with van der Waals surface area (Å²) in [5.41, 5.74) is 3.58. The molecule has 0 aliphatic heterocycles. The fourth-order valence-corrected chi connectivity index (χ4v) is 3.85. The molecule has 0 spiro atoms. The molecule has 164 valence electrons. The highest BCUT2D eigenvalue weighted by Gasteiger charge is 2.28. The van der Waals surface area contributed by atoms with Crippen LogP contribution < -0.4 is 5.56 Å². The van der Waals surface area contributed by atoms with Gasteiger partial charge in [-0.2, -0.15) is 0 Å². The second kappa shape index (κ2) is 9.04. The minimum Gasteiger partial charge on any atom is -0.332 e. The minimum atomic E-state index is -0.351. The van der Waals surface area contributed by atoms with E-state index in [0.717, 1.165) is 16.8 Å². The van der Waals surface area contributed by atoms with Crippen LogP contribution in [-0.2, 0) is 4.79 Å². The van der Waals surface area contributed by atoms with E-state index in [0.29, 0.717) is 29.2 Å². The molecule has 1 aromatic heterocycles. The van der Waals surface area contributed by atoms with Gasteiger partial charge in [-0.1, -0.05) is 45.9 Å². The van der Waals surface area contributed by atoms with Gasteiger partial charge >= 0.3 is 0 Å². The molecule has 5 nitrogen and oxygen atoms in total. The number of hydrogen-bond acceptors (Lipinski definition) is 3. The average Bonchev–Trinajstić information content (AvgIpc) is 2.73. The molecule has 0 saturated heterocycles. The van der Waals surface area contributed by atoms with Crippen molar-refractivity contribution in [2.24, 2.45) is 11.8 Å². The van der Waals surface area contributed by atoms with E-state index in [9.17, 15) is 9.59 Å². The molecule has 2 aromatic carbocycles. The van der Waals surface area contributed by atoms with Crippen molar-refractivity contribution in [3.8, 4) is 5.69 Å². The van der Waals surface area contributed by atoms with Gasteiger partial charge in [-0.25, -0.2) is 4.98 Å².